The lowest BCUT2D eigenvalue weighted by molar-refractivity contribution is 0.545. The van der Waals surface area contributed by atoms with Gasteiger partial charge in [-0.2, -0.15) is 0 Å². The standard InChI is InChI=1S/C78H60N4O2/c1-6-51(52-23-25-53(26-24-52)78-79-35-36-80(78)77-49(4)37-47(2)38-50(77)5)39-48(3)56-40-57(54-27-31-65-67-45-59(29-33-73(67)83-75(65)43-54)81-69-19-11-7-15-61(69)62-16-8-12-20-70(62)81)42-58(41-56)55-28-32-66-68-46-60(30-34-74(68)84-76(66)44-55)82-71-21-13-9-17-63(71)64-18-10-14-22-72(64)82/h7-38,40-46,48,51H,6,39H2,1-5H3. The summed E-state index contributed by atoms with van der Waals surface area (Å²) in [6.45, 7) is 11.3. The second-order valence-electron chi connectivity index (χ2n) is 23.3. The van der Waals surface area contributed by atoms with Gasteiger partial charge in [-0.3, -0.25) is 4.57 Å². The van der Waals surface area contributed by atoms with Crippen molar-refractivity contribution in [2.24, 2.45) is 0 Å². The number of para-hydroxylation sites is 4. The lowest BCUT2D eigenvalue weighted by Crippen LogP contribution is -2.05. The molecule has 0 radical (unpaired) electrons. The van der Waals surface area contributed by atoms with Gasteiger partial charge in [0.05, 0.1) is 27.8 Å². The van der Waals surface area contributed by atoms with Crippen LogP contribution in [0.3, 0.4) is 0 Å². The van der Waals surface area contributed by atoms with Gasteiger partial charge in [0.15, 0.2) is 0 Å². The number of fused-ring (bicyclic) bond motifs is 12. The molecule has 6 nitrogen and oxygen atoms in total. The van der Waals surface area contributed by atoms with E-state index in [-0.39, 0.29) is 5.92 Å². The number of aryl methyl sites for hydroxylation is 3. The summed E-state index contributed by atoms with van der Waals surface area (Å²) in [5.74, 6) is 1.54. The summed E-state index contributed by atoms with van der Waals surface area (Å²) in [6, 6.07) is 82.4. The minimum atomic E-state index is 0.239. The van der Waals surface area contributed by atoms with Crippen molar-refractivity contribution in [3.05, 3.63) is 265 Å². The lowest BCUT2D eigenvalue weighted by atomic mass is 9.82. The molecule has 0 saturated carbocycles. The zero-order chi connectivity index (χ0) is 56.3. The van der Waals surface area contributed by atoms with Crippen LogP contribution in [0.5, 0.6) is 0 Å². The molecule has 0 bridgehead atoms. The van der Waals surface area contributed by atoms with E-state index in [2.05, 4.69) is 279 Å². The van der Waals surface area contributed by atoms with Gasteiger partial charge in [0.25, 0.3) is 0 Å². The Morgan fingerprint density at radius 2 is 0.869 bits per heavy atom. The number of hydrogen-bond donors (Lipinski definition) is 0. The summed E-state index contributed by atoms with van der Waals surface area (Å²) in [5, 5.41) is 9.38. The monoisotopic (exact) mass is 1080 g/mol. The predicted molar refractivity (Wildman–Crippen MR) is 350 cm³/mol. The Bertz CT molecular complexity index is 4910. The maximum absolute atomic E-state index is 6.77. The van der Waals surface area contributed by atoms with E-state index in [1.165, 1.54) is 77.1 Å². The first-order chi connectivity index (χ1) is 41.2. The number of furan rings is 2. The molecule has 84 heavy (non-hydrogen) atoms. The Hall–Kier alpha value is -10.2. The molecular weight excluding hydrogens is 1020 g/mol. The van der Waals surface area contributed by atoms with Gasteiger partial charge >= 0.3 is 0 Å². The third kappa shape index (κ3) is 8.03. The molecule has 0 saturated heterocycles. The van der Waals surface area contributed by atoms with E-state index < -0.39 is 0 Å². The van der Waals surface area contributed by atoms with E-state index in [0.29, 0.717) is 5.92 Å². The molecule has 16 aromatic rings. The van der Waals surface area contributed by atoms with Gasteiger partial charge in [-0.25, -0.2) is 4.98 Å². The molecule has 5 heterocycles. The van der Waals surface area contributed by atoms with Crippen molar-refractivity contribution in [3.63, 3.8) is 0 Å². The lowest BCUT2D eigenvalue weighted by Gasteiger charge is -2.22. The summed E-state index contributed by atoms with van der Waals surface area (Å²) in [6.07, 6.45) is 6.01. The van der Waals surface area contributed by atoms with E-state index in [1.54, 1.807) is 0 Å². The quantitative estimate of drug-likeness (QED) is 0.130. The predicted octanol–water partition coefficient (Wildman–Crippen LogP) is 21.5. The first-order valence-corrected chi connectivity index (χ1v) is 29.5. The van der Waals surface area contributed by atoms with Crippen LogP contribution in [0.4, 0.5) is 0 Å². The van der Waals surface area contributed by atoms with Crippen molar-refractivity contribution in [3.8, 4) is 50.7 Å². The topological polar surface area (TPSA) is 54.0 Å². The van der Waals surface area contributed by atoms with E-state index in [4.69, 9.17) is 13.8 Å². The van der Waals surface area contributed by atoms with Crippen LogP contribution in [0.25, 0.3) is 138 Å². The molecule has 0 N–H and O–H groups in total. The maximum atomic E-state index is 6.77. The summed E-state index contributed by atoms with van der Waals surface area (Å²) in [4.78, 5) is 4.88. The molecule has 404 valence electrons. The van der Waals surface area contributed by atoms with Gasteiger partial charge in [0.2, 0.25) is 0 Å². The Kier molecular flexibility index (Phi) is 11.5. The van der Waals surface area contributed by atoms with Crippen LogP contribution < -0.4 is 0 Å². The first-order valence-electron chi connectivity index (χ1n) is 29.5. The van der Waals surface area contributed by atoms with Crippen LogP contribution in [0.2, 0.25) is 0 Å². The van der Waals surface area contributed by atoms with Crippen molar-refractivity contribution >= 4 is 87.5 Å². The smallest absolute Gasteiger partial charge is 0.144 e. The normalized spacial score (nSPS) is 12.8. The van der Waals surface area contributed by atoms with Gasteiger partial charge in [0.1, 0.15) is 28.2 Å². The highest BCUT2D eigenvalue weighted by Crippen LogP contribution is 2.43. The van der Waals surface area contributed by atoms with Crippen LogP contribution >= 0.6 is 0 Å². The van der Waals surface area contributed by atoms with Crippen molar-refractivity contribution in [1.29, 1.82) is 0 Å². The number of benzene rings is 11. The van der Waals surface area contributed by atoms with Gasteiger partial charge in [-0.05, 0) is 181 Å². The molecule has 16 rings (SSSR count). The van der Waals surface area contributed by atoms with Crippen LogP contribution in [0, 0.1) is 20.8 Å². The summed E-state index contributed by atoms with van der Waals surface area (Å²) in [7, 11) is 0. The molecule has 5 aromatic heterocycles. The SMILES string of the molecule is CCC(CC(C)c1cc(-c2ccc3c(c2)oc2ccc(-n4c5ccccc5c5ccccc54)cc23)cc(-c2ccc3c(c2)oc2ccc(-n4c5ccccc5c5ccccc54)cc23)c1)c1ccc(-c2nccn2-c2c(C)cc(C)cc2C)cc1. The molecule has 0 fully saturated rings. The van der Waals surface area contributed by atoms with E-state index in [9.17, 15) is 0 Å². The molecule has 0 aliphatic carbocycles. The summed E-state index contributed by atoms with van der Waals surface area (Å²) >= 11 is 0. The number of rotatable bonds is 11. The largest absolute Gasteiger partial charge is 0.456 e. The second-order valence-corrected chi connectivity index (χ2v) is 23.3. The Balaban J connectivity index is 0.774. The third-order valence-electron chi connectivity index (χ3n) is 18.1. The zero-order valence-corrected chi connectivity index (χ0v) is 47.7. The van der Waals surface area contributed by atoms with Crippen LogP contribution in [0.15, 0.2) is 246 Å². The fraction of sp³-hybridized carbons (Fsp3) is 0.115. The number of aromatic nitrogens is 4. The van der Waals surface area contributed by atoms with Crippen LogP contribution in [-0.4, -0.2) is 18.7 Å². The Morgan fingerprint density at radius 1 is 0.405 bits per heavy atom. The van der Waals surface area contributed by atoms with Crippen molar-refractivity contribution < 1.29 is 8.83 Å². The highest BCUT2D eigenvalue weighted by atomic mass is 16.3. The van der Waals surface area contributed by atoms with Gasteiger partial charge in [-0.15, -0.1) is 0 Å². The fourth-order valence-corrected chi connectivity index (χ4v) is 14.1. The Morgan fingerprint density at radius 3 is 1.35 bits per heavy atom. The summed E-state index contributed by atoms with van der Waals surface area (Å²) < 4.78 is 20.5. The van der Waals surface area contributed by atoms with E-state index in [1.807, 2.05) is 6.20 Å². The highest BCUT2D eigenvalue weighted by Gasteiger charge is 2.22. The molecule has 2 atom stereocenters. The minimum absolute atomic E-state index is 0.239. The van der Waals surface area contributed by atoms with Crippen molar-refractivity contribution in [1.82, 2.24) is 18.7 Å². The van der Waals surface area contributed by atoms with Crippen molar-refractivity contribution in [2.45, 2.75) is 59.3 Å². The molecule has 6 heteroatoms. The summed E-state index contributed by atoms with van der Waals surface area (Å²) in [5.41, 5.74) is 23.7. The first kappa shape index (κ1) is 49.6. The molecule has 0 amide bonds. The molecular formula is C78H60N4O2. The van der Waals surface area contributed by atoms with Gasteiger partial charge in [-0.1, -0.05) is 153 Å². The minimum Gasteiger partial charge on any atom is -0.456 e. The number of imidazole rings is 1. The zero-order valence-electron chi connectivity index (χ0n) is 47.7. The highest BCUT2D eigenvalue weighted by molar-refractivity contribution is 6.13. The number of nitrogens with zero attached hydrogens (tertiary/aromatic N) is 4. The van der Waals surface area contributed by atoms with E-state index >= 15 is 0 Å². The Labute approximate surface area is 487 Å². The molecule has 2 unspecified atom stereocenters. The molecule has 11 aromatic carbocycles. The molecule has 0 spiro atoms. The van der Waals surface area contributed by atoms with Gasteiger partial charge in [0, 0.05) is 72.4 Å². The second kappa shape index (κ2) is 19.5. The number of hydrogen-bond acceptors (Lipinski definition) is 3. The van der Waals surface area contributed by atoms with Crippen molar-refractivity contribution in [2.75, 3.05) is 0 Å². The van der Waals surface area contributed by atoms with Crippen LogP contribution in [-0.2, 0) is 0 Å². The molecule has 0 aliphatic heterocycles. The average Bonchev–Trinajstić information content (AvgIpc) is 2.54. The molecule has 0 aliphatic rings. The maximum Gasteiger partial charge on any atom is 0.144 e. The van der Waals surface area contributed by atoms with Gasteiger partial charge < -0.3 is 18.0 Å². The third-order valence-corrected chi connectivity index (χ3v) is 18.1. The fourth-order valence-electron chi connectivity index (χ4n) is 14.1. The average molecular weight is 1090 g/mol. The van der Waals surface area contributed by atoms with E-state index in [0.717, 1.165) is 102 Å². The van der Waals surface area contributed by atoms with Crippen LogP contribution in [0.1, 0.15) is 66.3 Å².